The Hall–Kier alpha value is -3.15. The number of nitrogens with zero attached hydrogens (tertiary/aromatic N) is 5. The van der Waals surface area contributed by atoms with Gasteiger partial charge in [-0.15, -0.1) is 0 Å². The summed E-state index contributed by atoms with van der Waals surface area (Å²) in [5.74, 6) is 0.454. The van der Waals surface area contributed by atoms with Gasteiger partial charge in [0.15, 0.2) is 8.32 Å². The van der Waals surface area contributed by atoms with Gasteiger partial charge in [0, 0.05) is 23.8 Å². The molecule has 176 valence electrons. The molecule has 1 unspecified atom stereocenters. The van der Waals surface area contributed by atoms with E-state index in [1.54, 1.807) is 18.6 Å². The van der Waals surface area contributed by atoms with E-state index in [1.807, 2.05) is 12.1 Å². The molecule has 34 heavy (non-hydrogen) atoms. The van der Waals surface area contributed by atoms with Crippen LogP contribution in [0.25, 0.3) is 11.3 Å². The standard InChI is InChI=1S/C26H32N6OSi/c1-25(2,3)34(5,6)33-16-26(4)9-7-21-19(13-27)11-18(12-22(21)26)23-8-10-30-24(32-23)31-20-14-28-17-29-15-20/h8,10-12,14-15,17H,7,9,16H2,1-6H3,(H,30,31,32). The number of aromatic nitrogens is 4. The summed E-state index contributed by atoms with van der Waals surface area (Å²) in [6.07, 6.45) is 8.38. The fourth-order valence-corrected chi connectivity index (χ4v) is 5.15. The van der Waals surface area contributed by atoms with E-state index >= 15 is 0 Å². The van der Waals surface area contributed by atoms with E-state index in [4.69, 9.17) is 9.41 Å². The first-order chi connectivity index (χ1) is 16.0. The Labute approximate surface area is 202 Å². The summed E-state index contributed by atoms with van der Waals surface area (Å²) in [4.78, 5) is 17.0. The van der Waals surface area contributed by atoms with Gasteiger partial charge in [0.1, 0.15) is 6.33 Å². The van der Waals surface area contributed by atoms with Gasteiger partial charge < -0.3 is 9.74 Å². The van der Waals surface area contributed by atoms with Crippen LogP contribution in [0.3, 0.4) is 0 Å². The molecule has 4 rings (SSSR count). The molecule has 7 nitrogen and oxygen atoms in total. The summed E-state index contributed by atoms with van der Waals surface area (Å²) in [5.41, 5.74) is 5.29. The van der Waals surface area contributed by atoms with Gasteiger partial charge in [-0.1, -0.05) is 27.7 Å². The first kappa shape index (κ1) is 24.0. The van der Waals surface area contributed by atoms with Gasteiger partial charge in [0.05, 0.1) is 35.4 Å². The minimum absolute atomic E-state index is 0.137. The van der Waals surface area contributed by atoms with Crippen molar-refractivity contribution in [2.75, 3.05) is 11.9 Å². The van der Waals surface area contributed by atoms with Crippen LogP contribution in [-0.2, 0) is 16.3 Å². The highest BCUT2D eigenvalue weighted by atomic mass is 28.4. The van der Waals surface area contributed by atoms with Crippen molar-refractivity contribution in [1.82, 2.24) is 19.9 Å². The second kappa shape index (κ2) is 8.89. The van der Waals surface area contributed by atoms with Crippen LogP contribution in [0.1, 0.15) is 50.8 Å². The molecular weight excluding hydrogens is 440 g/mol. The van der Waals surface area contributed by atoms with Crippen molar-refractivity contribution in [2.45, 2.75) is 64.1 Å². The molecule has 2 heterocycles. The molecule has 2 aromatic heterocycles. The monoisotopic (exact) mass is 472 g/mol. The molecule has 1 aliphatic rings. The number of nitriles is 1. The van der Waals surface area contributed by atoms with Crippen molar-refractivity contribution < 1.29 is 4.43 Å². The highest BCUT2D eigenvalue weighted by Crippen LogP contribution is 2.44. The van der Waals surface area contributed by atoms with Crippen LogP contribution in [-0.4, -0.2) is 34.9 Å². The van der Waals surface area contributed by atoms with Crippen LogP contribution in [0.5, 0.6) is 0 Å². The summed E-state index contributed by atoms with van der Waals surface area (Å²) >= 11 is 0. The Morgan fingerprint density at radius 1 is 1.21 bits per heavy atom. The molecule has 0 saturated heterocycles. The van der Waals surface area contributed by atoms with E-state index in [0.717, 1.165) is 29.7 Å². The third kappa shape index (κ3) is 4.72. The second-order valence-corrected chi connectivity index (χ2v) is 15.6. The SMILES string of the molecule is CC1(CO[Si](C)(C)C(C)(C)C)CCc2c(C#N)cc(-c3ccnc(Nc4cncnc4)n3)cc21. The van der Waals surface area contributed by atoms with Crippen LogP contribution in [0.4, 0.5) is 11.6 Å². The maximum atomic E-state index is 9.93. The van der Waals surface area contributed by atoms with E-state index in [1.165, 1.54) is 11.9 Å². The van der Waals surface area contributed by atoms with Gasteiger partial charge in [-0.3, -0.25) is 0 Å². The lowest BCUT2D eigenvalue weighted by atomic mass is 9.83. The number of fused-ring (bicyclic) bond motifs is 1. The zero-order chi connectivity index (χ0) is 24.6. The van der Waals surface area contributed by atoms with Gasteiger partial charge in [-0.05, 0) is 60.3 Å². The Kier molecular flexibility index (Phi) is 6.27. The van der Waals surface area contributed by atoms with Crippen molar-refractivity contribution >= 4 is 20.0 Å². The Bertz CT molecular complexity index is 1230. The van der Waals surface area contributed by atoms with E-state index in [9.17, 15) is 5.26 Å². The molecule has 1 N–H and O–H groups in total. The van der Waals surface area contributed by atoms with Gasteiger partial charge in [-0.25, -0.2) is 19.9 Å². The first-order valence-corrected chi connectivity index (χ1v) is 14.5. The lowest BCUT2D eigenvalue weighted by Gasteiger charge is -2.39. The average Bonchev–Trinajstić information content (AvgIpc) is 3.14. The number of hydrogen-bond donors (Lipinski definition) is 1. The quantitative estimate of drug-likeness (QED) is 0.455. The first-order valence-electron chi connectivity index (χ1n) is 11.6. The maximum absolute atomic E-state index is 9.93. The lowest BCUT2D eigenvalue weighted by molar-refractivity contribution is 0.208. The minimum Gasteiger partial charge on any atom is -0.416 e. The average molecular weight is 473 g/mol. The molecule has 0 radical (unpaired) electrons. The van der Waals surface area contributed by atoms with Crippen LogP contribution >= 0.6 is 0 Å². The molecule has 0 spiro atoms. The number of benzene rings is 1. The summed E-state index contributed by atoms with van der Waals surface area (Å²) in [6.45, 7) is 14.3. The molecular formula is C26H32N6OSi. The van der Waals surface area contributed by atoms with Gasteiger partial charge in [-0.2, -0.15) is 5.26 Å². The van der Waals surface area contributed by atoms with Gasteiger partial charge in [0.2, 0.25) is 5.95 Å². The molecule has 0 aliphatic heterocycles. The molecule has 1 atom stereocenters. The van der Waals surface area contributed by atoms with E-state index in [2.05, 4.69) is 73.2 Å². The Balaban J connectivity index is 1.67. The molecule has 1 aromatic carbocycles. The number of anilines is 2. The van der Waals surface area contributed by atoms with E-state index in [-0.39, 0.29) is 10.5 Å². The smallest absolute Gasteiger partial charge is 0.227 e. The Morgan fingerprint density at radius 2 is 1.94 bits per heavy atom. The minimum atomic E-state index is -1.89. The van der Waals surface area contributed by atoms with Crippen molar-refractivity contribution in [1.29, 1.82) is 5.26 Å². The molecule has 3 aromatic rings. The highest BCUT2D eigenvalue weighted by molar-refractivity contribution is 6.74. The van der Waals surface area contributed by atoms with E-state index in [0.29, 0.717) is 23.8 Å². The molecule has 1 aliphatic carbocycles. The summed E-state index contributed by atoms with van der Waals surface area (Å²) in [7, 11) is -1.89. The molecule has 0 amide bonds. The van der Waals surface area contributed by atoms with Crippen molar-refractivity contribution in [3.63, 3.8) is 0 Å². The number of nitrogens with one attached hydrogen (secondary N) is 1. The molecule has 8 heteroatoms. The maximum Gasteiger partial charge on any atom is 0.227 e. The largest absolute Gasteiger partial charge is 0.416 e. The van der Waals surface area contributed by atoms with Crippen molar-refractivity contribution in [3.05, 3.63) is 59.8 Å². The van der Waals surface area contributed by atoms with Crippen LogP contribution in [0.2, 0.25) is 18.1 Å². The van der Waals surface area contributed by atoms with Crippen molar-refractivity contribution in [3.8, 4) is 17.3 Å². The molecule has 0 fully saturated rings. The number of hydrogen-bond acceptors (Lipinski definition) is 7. The van der Waals surface area contributed by atoms with Crippen LogP contribution in [0, 0.1) is 11.3 Å². The third-order valence-corrected chi connectivity index (χ3v) is 11.8. The van der Waals surface area contributed by atoms with Gasteiger partial charge >= 0.3 is 0 Å². The third-order valence-electron chi connectivity index (χ3n) is 7.27. The number of rotatable bonds is 6. The fourth-order valence-electron chi connectivity index (χ4n) is 4.04. The lowest BCUT2D eigenvalue weighted by Crippen LogP contribution is -2.44. The molecule has 0 bridgehead atoms. The molecule has 0 saturated carbocycles. The van der Waals surface area contributed by atoms with Gasteiger partial charge in [0.25, 0.3) is 0 Å². The van der Waals surface area contributed by atoms with Crippen molar-refractivity contribution in [2.24, 2.45) is 0 Å². The Morgan fingerprint density at radius 3 is 2.62 bits per heavy atom. The summed E-state index contributed by atoms with van der Waals surface area (Å²) in [6, 6.07) is 8.42. The second-order valence-electron chi connectivity index (χ2n) is 10.8. The normalized spacial score (nSPS) is 17.8. The predicted molar refractivity (Wildman–Crippen MR) is 136 cm³/mol. The summed E-state index contributed by atoms with van der Waals surface area (Å²) in [5, 5.41) is 13.2. The predicted octanol–water partition coefficient (Wildman–Crippen LogP) is 5.77. The van der Waals surface area contributed by atoms with Crippen LogP contribution in [0.15, 0.2) is 43.1 Å². The topological polar surface area (TPSA) is 96.6 Å². The zero-order valence-electron chi connectivity index (χ0n) is 20.8. The highest BCUT2D eigenvalue weighted by Gasteiger charge is 2.42. The zero-order valence-corrected chi connectivity index (χ0v) is 21.8. The van der Waals surface area contributed by atoms with Crippen LogP contribution < -0.4 is 5.32 Å². The summed E-state index contributed by atoms with van der Waals surface area (Å²) < 4.78 is 6.65. The van der Waals surface area contributed by atoms with E-state index < -0.39 is 8.32 Å². The fraction of sp³-hybridized carbons (Fsp3) is 0.423.